The Bertz CT molecular complexity index is 342. The fourth-order valence-corrected chi connectivity index (χ4v) is 2.23. The van der Waals surface area contributed by atoms with Crippen LogP contribution in [0, 0.1) is 0 Å². The molecule has 0 aliphatic heterocycles. The molecule has 0 heterocycles. The van der Waals surface area contributed by atoms with E-state index in [0.29, 0.717) is 18.8 Å². The summed E-state index contributed by atoms with van der Waals surface area (Å²) in [6.45, 7) is 0. The molecule has 74 valence electrons. The molecule has 0 radical (unpaired) electrons. The lowest BCUT2D eigenvalue weighted by molar-refractivity contribution is -0.143. The molecule has 0 unspecified atom stereocenters. The molecular weight excluding hydrogens is 200 g/mol. The number of hydrogen-bond acceptors (Lipinski definition) is 1. The summed E-state index contributed by atoms with van der Waals surface area (Å²) in [5.74, 6) is -0.587. The first-order valence-corrected chi connectivity index (χ1v) is 4.97. The van der Waals surface area contributed by atoms with E-state index in [1.807, 2.05) is 30.3 Å². The van der Waals surface area contributed by atoms with Crippen LogP contribution in [0.4, 0.5) is 0 Å². The zero-order chi connectivity index (χ0) is 10.2. The van der Waals surface area contributed by atoms with Crippen LogP contribution in [0.5, 0.6) is 0 Å². The average Bonchev–Trinajstić information content (AvgIpc) is 2.14. The molecule has 0 bridgehead atoms. The average molecular weight is 211 g/mol. The Morgan fingerprint density at radius 1 is 1.36 bits per heavy atom. The lowest BCUT2D eigenvalue weighted by atomic mass is 9.71. The Balaban J connectivity index is 2.05. The van der Waals surface area contributed by atoms with Crippen LogP contribution in [-0.4, -0.2) is 16.0 Å². The molecule has 0 saturated heterocycles. The van der Waals surface area contributed by atoms with E-state index in [4.69, 9.17) is 16.7 Å². The summed E-state index contributed by atoms with van der Waals surface area (Å²) >= 11 is 5.89. The fraction of sp³-hybridized carbons (Fsp3) is 0.364. The lowest BCUT2D eigenvalue weighted by Crippen LogP contribution is -2.44. The van der Waals surface area contributed by atoms with Gasteiger partial charge in [-0.05, 0) is 24.3 Å². The second-order valence-corrected chi connectivity index (χ2v) is 4.51. The molecule has 0 aromatic heterocycles. The molecule has 0 atom stereocenters. The molecule has 3 heteroatoms. The van der Waals surface area contributed by atoms with Gasteiger partial charge in [0.1, 0.15) is 4.87 Å². The van der Waals surface area contributed by atoms with Crippen LogP contribution in [0.2, 0.25) is 0 Å². The van der Waals surface area contributed by atoms with Gasteiger partial charge in [0, 0.05) is 0 Å². The predicted octanol–water partition coefficient (Wildman–Crippen LogP) is 2.63. The molecular formula is C11H11ClO2. The molecule has 1 saturated carbocycles. The minimum Gasteiger partial charge on any atom is -0.480 e. The second kappa shape index (κ2) is 3.28. The highest BCUT2D eigenvalue weighted by Gasteiger charge is 2.49. The third kappa shape index (κ3) is 1.50. The number of carboxylic acids is 1. The highest BCUT2D eigenvalue weighted by Crippen LogP contribution is 2.48. The van der Waals surface area contributed by atoms with E-state index in [9.17, 15) is 4.79 Å². The van der Waals surface area contributed by atoms with Gasteiger partial charge in [-0.3, -0.25) is 4.79 Å². The molecule has 1 aromatic rings. The van der Waals surface area contributed by atoms with Gasteiger partial charge in [-0.15, -0.1) is 11.6 Å². The van der Waals surface area contributed by atoms with Gasteiger partial charge in [0.2, 0.25) is 0 Å². The first kappa shape index (κ1) is 9.53. The number of halogens is 1. The number of aliphatic carboxylic acids is 1. The number of alkyl halides is 1. The third-order valence-corrected chi connectivity index (χ3v) is 3.26. The van der Waals surface area contributed by atoms with E-state index in [-0.39, 0.29) is 0 Å². The zero-order valence-corrected chi connectivity index (χ0v) is 8.37. The summed E-state index contributed by atoms with van der Waals surface area (Å²) in [7, 11) is 0. The minimum absolute atomic E-state index is 0.310. The number of hydrogen-bond donors (Lipinski definition) is 1. The van der Waals surface area contributed by atoms with Crippen molar-refractivity contribution in [1.29, 1.82) is 0 Å². The summed E-state index contributed by atoms with van der Waals surface area (Å²) in [5.41, 5.74) is 1.19. The summed E-state index contributed by atoms with van der Waals surface area (Å²) in [4.78, 5) is 9.73. The van der Waals surface area contributed by atoms with Crippen molar-refractivity contribution in [1.82, 2.24) is 0 Å². The minimum atomic E-state index is -1.01. The molecule has 0 spiro atoms. The van der Waals surface area contributed by atoms with Gasteiger partial charge >= 0.3 is 5.97 Å². The molecule has 1 aliphatic carbocycles. The molecule has 1 fully saturated rings. The lowest BCUT2D eigenvalue weighted by Gasteiger charge is -2.39. The van der Waals surface area contributed by atoms with Crippen molar-refractivity contribution in [2.45, 2.75) is 23.6 Å². The van der Waals surface area contributed by atoms with Gasteiger partial charge in [-0.1, -0.05) is 30.3 Å². The summed E-state index contributed by atoms with van der Waals surface area (Å²) in [6, 6.07) is 9.91. The highest BCUT2D eigenvalue weighted by atomic mass is 35.5. The van der Waals surface area contributed by atoms with Crippen LogP contribution >= 0.6 is 11.6 Å². The molecule has 2 rings (SSSR count). The Kier molecular flexibility index (Phi) is 2.23. The van der Waals surface area contributed by atoms with E-state index in [1.54, 1.807) is 0 Å². The van der Waals surface area contributed by atoms with Crippen molar-refractivity contribution in [3.63, 3.8) is 0 Å². The Labute approximate surface area is 87.5 Å². The maximum atomic E-state index is 10.7. The Morgan fingerprint density at radius 3 is 2.43 bits per heavy atom. The highest BCUT2D eigenvalue weighted by molar-refractivity contribution is 6.34. The van der Waals surface area contributed by atoms with Crippen molar-refractivity contribution in [2.75, 3.05) is 0 Å². The van der Waals surface area contributed by atoms with Crippen LogP contribution < -0.4 is 0 Å². The van der Waals surface area contributed by atoms with Crippen LogP contribution in [0.1, 0.15) is 24.3 Å². The van der Waals surface area contributed by atoms with Gasteiger partial charge in [0.15, 0.2) is 0 Å². The van der Waals surface area contributed by atoms with Crippen molar-refractivity contribution in [3.8, 4) is 0 Å². The van der Waals surface area contributed by atoms with Crippen LogP contribution in [0.3, 0.4) is 0 Å². The van der Waals surface area contributed by atoms with Gasteiger partial charge in [-0.2, -0.15) is 0 Å². The standard InChI is InChI=1S/C11H11ClO2/c12-11(10(13)14)6-9(7-11)8-4-2-1-3-5-8/h1-5,9H,6-7H2,(H,13,14). The van der Waals surface area contributed by atoms with Gasteiger partial charge in [0.25, 0.3) is 0 Å². The van der Waals surface area contributed by atoms with Crippen molar-refractivity contribution in [3.05, 3.63) is 35.9 Å². The number of rotatable bonds is 2. The summed E-state index contributed by atoms with van der Waals surface area (Å²) in [5, 5.41) is 8.83. The first-order valence-electron chi connectivity index (χ1n) is 4.59. The normalized spacial score (nSPS) is 30.8. The van der Waals surface area contributed by atoms with Crippen LogP contribution in [0.15, 0.2) is 30.3 Å². The zero-order valence-electron chi connectivity index (χ0n) is 7.61. The van der Waals surface area contributed by atoms with E-state index >= 15 is 0 Å². The first-order chi connectivity index (χ1) is 6.62. The van der Waals surface area contributed by atoms with Crippen molar-refractivity contribution in [2.24, 2.45) is 0 Å². The van der Waals surface area contributed by atoms with Gasteiger partial charge in [-0.25, -0.2) is 0 Å². The molecule has 1 aliphatic rings. The van der Waals surface area contributed by atoms with E-state index < -0.39 is 10.8 Å². The quantitative estimate of drug-likeness (QED) is 0.762. The molecule has 1 N–H and O–H groups in total. The fourth-order valence-electron chi connectivity index (χ4n) is 1.86. The van der Waals surface area contributed by atoms with Crippen molar-refractivity contribution < 1.29 is 9.90 Å². The summed E-state index contributed by atoms with van der Waals surface area (Å²) in [6.07, 6.45) is 1.07. The molecule has 14 heavy (non-hydrogen) atoms. The van der Waals surface area contributed by atoms with E-state index in [1.165, 1.54) is 5.56 Å². The maximum absolute atomic E-state index is 10.7. The van der Waals surface area contributed by atoms with Gasteiger partial charge in [0.05, 0.1) is 0 Å². The summed E-state index contributed by atoms with van der Waals surface area (Å²) < 4.78 is 0. The Morgan fingerprint density at radius 2 is 1.93 bits per heavy atom. The largest absolute Gasteiger partial charge is 0.480 e. The SMILES string of the molecule is O=C(O)C1(Cl)CC(c2ccccc2)C1. The smallest absolute Gasteiger partial charge is 0.324 e. The topological polar surface area (TPSA) is 37.3 Å². The maximum Gasteiger partial charge on any atom is 0.324 e. The monoisotopic (exact) mass is 210 g/mol. The molecule has 2 nitrogen and oxygen atoms in total. The molecule has 0 amide bonds. The second-order valence-electron chi connectivity index (χ2n) is 3.79. The van der Waals surface area contributed by atoms with E-state index in [0.717, 1.165) is 0 Å². The Hall–Kier alpha value is -1.02. The van der Waals surface area contributed by atoms with E-state index in [2.05, 4.69) is 0 Å². The van der Waals surface area contributed by atoms with Gasteiger partial charge < -0.3 is 5.11 Å². The van der Waals surface area contributed by atoms with Crippen LogP contribution in [0.25, 0.3) is 0 Å². The molecule has 1 aromatic carbocycles. The van der Waals surface area contributed by atoms with Crippen molar-refractivity contribution >= 4 is 17.6 Å². The number of carboxylic acid groups (broad SMARTS) is 1. The number of benzene rings is 1. The third-order valence-electron chi connectivity index (χ3n) is 2.79. The predicted molar refractivity (Wildman–Crippen MR) is 54.6 cm³/mol. The number of carbonyl (C=O) groups is 1. The van der Waals surface area contributed by atoms with Crippen LogP contribution in [-0.2, 0) is 4.79 Å².